The molecule has 1 aliphatic rings. The molecule has 1 amide bonds. The van der Waals surface area contributed by atoms with Gasteiger partial charge in [-0.25, -0.2) is 4.98 Å². The number of ether oxygens (including phenoxy) is 1. The molecule has 0 unspecified atom stereocenters. The number of pyridine rings is 1. The highest BCUT2D eigenvalue weighted by Crippen LogP contribution is 2.29. The van der Waals surface area contributed by atoms with Crippen LogP contribution in [0.2, 0.25) is 0 Å². The number of aromatic nitrogens is 2. The molecule has 6 nitrogen and oxygen atoms in total. The molecule has 0 spiro atoms. The highest BCUT2D eigenvalue weighted by Gasteiger charge is 2.38. The van der Waals surface area contributed by atoms with Crippen LogP contribution in [-0.2, 0) is 16.0 Å². The van der Waals surface area contributed by atoms with Crippen LogP contribution in [0, 0.1) is 5.41 Å². The Hall–Kier alpha value is -1.25. The average Bonchev–Trinajstić information content (AvgIpc) is 3.12. The van der Waals surface area contributed by atoms with Gasteiger partial charge in [0.15, 0.2) is 0 Å². The second kappa shape index (κ2) is 10.8. The minimum atomic E-state index is -0.472. The quantitative estimate of drug-likeness (QED) is 0.751. The zero-order valence-corrected chi connectivity index (χ0v) is 16.8. The number of hydrogen-bond acceptors (Lipinski definition) is 6. The molecule has 1 aliphatic heterocycles. The van der Waals surface area contributed by atoms with Crippen molar-refractivity contribution in [2.75, 3.05) is 26.3 Å². The maximum Gasteiger partial charge on any atom is 0.227 e. The van der Waals surface area contributed by atoms with Crippen molar-refractivity contribution in [1.82, 2.24) is 15.3 Å². The predicted octanol–water partition coefficient (Wildman–Crippen LogP) is 2.46. The van der Waals surface area contributed by atoms with Gasteiger partial charge >= 0.3 is 0 Å². The Morgan fingerprint density at radius 1 is 1.27 bits per heavy atom. The Kier molecular flexibility index (Phi) is 9.46. The van der Waals surface area contributed by atoms with Gasteiger partial charge in [0, 0.05) is 44.3 Å². The van der Waals surface area contributed by atoms with E-state index in [-0.39, 0.29) is 30.7 Å². The van der Waals surface area contributed by atoms with Crippen molar-refractivity contribution >= 4 is 42.1 Å². The van der Waals surface area contributed by atoms with Crippen LogP contribution in [0.15, 0.2) is 29.8 Å². The molecule has 3 heterocycles. The van der Waals surface area contributed by atoms with E-state index in [0.717, 1.165) is 16.4 Å². The topological polar surface area (TPSA) is 90.1 Å². The predicted molar refractivity (Wildman–Crippen MR) is 108 cm³/mol. The van der Waals surface area contributed by atoms with E-state index < -0.39 is 5.41 Å². The van der Waals surface area contributed by atoms with Crippen molar-refractivity contribution in [3.8, 4) is 11.4 Å². The highest BCUT2D eigenvalue weighted by molar-refractivity contribution is 7.09. The van der Waals surface area contributed by atoms with Crippen LogP contribution in [0.5, 0.6) is 0 Å². The molecule has 0 aromatic carbocycles. The molecule has 9 heteroatoms. The van der Waals surface area contributed by atoms with E-state index in [2.05, 4.69) is 15.3 Å². The standard InChI is InChI=1S/C17H22N4O2S.2ClH/c18-12-17(5-9-23-10-6-17)16(22)20-8-4-15-21-14(11-24-15)13-3-1-2-7-19-13;;/h1-3,7,11H,4-6,8-10,12,18H2,(H,20,22);2*1H. The zero-order valence-electron chi connectivity index (χ0n) is 14.3. The third-order valence-electron chi connectivity index (χ3n) is 4.43. The molecule has 1 saturated heterocycles. The zero-order chi connectivity index (χ0) is 16.8. The van der Waals surface area contributed by atoms with Crippen molar-refractivity contribution < 1.29 is 9.53 Å². The van der Waals surface area contributed by atoms with Crippen molar-refractivity contribution in [1.29, 1.82) is 0 Å². The van der Waals surface area contributed by atoms with Crippen LogP contribution < -0.4 is 11.1 Å². The molecule has 3 rings (SSSR count). The van der Waals surface area contributed by atoms with Gasteiger partial charge in [0.05, 0.1) is 21.8 Å². The van der Waals surface area contributed by atoms with Crippen LogP contribution in [0.1, 0.15) is 17.8 Å². The molecular formula is C17H24Cl2N4O2S. The normalized spacial score (nSPS) is 15.4. The molecule has 0 saturated carbocycles. The summed E-state index contributed by atoms with van der Waals surface area (Å²) in [6.07, 6.45) is 3.85. The Morgan fingerprint density at radius 2 is 2.04 bits per heavy atom. The first-order valence-electron chi connectivity index (χ1n) is 8.15. The van der Waals surface area contributed by atoms with E-state index >= 15 is 0 Å². The fraction of sp³-hybridized carbons (Fsp3) is 0.471. The average molecular weight is 419 g/mol. The molecule has 3 N–H and O–H groups in total. The van der Waals surface area contributed by atoms with E-state index in [4.69, 9.17) is 10.5 Å². The number of hydrogen-bond donors (Lipinski definition) is 2. The Labute approximate surface area is 169 Å². The Balaban J connectivity index is 0.00000169. The maximum atomic E-state index is 12.5. The number of amides is 1. The molecule has 0 radical (unpaired) electrons. The Morgan fingerprint density at radius 3 is 2.69 bits per heavy atom. The second-order valence-electron chi connectivity index (χ2n) is 5.94. The summed E-state index contributed by atoms with van der Waals surface area (Å²) in [6.45, 7) is 2.13. The second-order valence-corrected chi connectivity index (χ2v) is 6.89. The molecule has 0 bridgehead atoms. The molecular weight excluding hydrogens is 395 g/mol. The highest BCUT2D eigenvalue weighted by atomic mass is 35.5. The number of nitrogens with zero attached hydrogens (tertiary/aromatic N) is 2. The number of carbonyl (C=O) groups is 1. The van der Waals surface area contributed by atoms with E-state index in [0.29, 0.717) is 45.6 Å². The molecule has 0 atom stereocenters. The smallest absolute Gasteiger partial charge is 0.227 e. The van der Waals surface area contributed by atoms with Gasteiger partial charge in [0.1, 0.15) is 0 Å². The van der Waals surface area contributed by atoms with Crippen LogP contribution in [-0.4, -0.2) is 42.2 Å². The van der Waals surface area contributed by atoms with Gasteiger partial charge < -0.3 is 15.8 Å². The summed E-state index contributed by atoms with van der Waals surface area (Å²) in [4.78, 5) is 21.4. The van der Waals surface area contributed by atoms with Crippen molar-refractivity contribution in [3.05, 3.63) is 34.8 Å². The largest absolute Gasteiger partial charge is 0.381 e. The molecule has 2 aromatic rings. The summed E-state index contributed by atoms with van der Waals surface area (Å²) in [7, 11) is 0. The lowest BCUT2D eigenvalue weighted by molar-refractivity contribution is -0.135. The van der Waals surface area contributed by atoms with Gasteiger partial charge in [0.25, 0.3) is 0 Å². The summed E-state index contributed by atoms with van der Waals surface area (Å²) < 4.78 is 5.35. The van der Waals surface area contributed by atoms with E-state index in [1.54, 1.807) is 17.5 Å². The van der Waals surface area contributed by atoms with Crippen molar-refractivity contribution in [2.45, 2.75) is 19.3 Å². The van der Waals surface area contributed by atoms with Gasteiger partial charge in [-0.2, -0.15) is 0 Å². The Bertz CT molecular complexity index is 678. The van der Waals surface area contributed by atoms with Crippen LogP contribution in [0.25, 0.3) is 11.4 Å². The van der Waals surface area contributed by atoms with Gasteiger partial charge in [-0.1, -0.05) is 6.07 Å². The number of thiazole rings is 1. The fourth-order valence-corrected chi connectivity index (χ4v) is 3.61. The summed E-state index contributed by atoms with van der Waals surface area (Å²) >= 11 is 1.59. The maximum absolute atomic E-state index is 12.5. The number of rotatable bonds is 6. The van der Waals surface area contributed by atoms with E-state index in [1.165, 1.54) is 0 Å². The molecule has 26 heavy (non-hydrogen) atoms. The van der Waals surface area contributed by atoms with Crippen LogP contribution in [0.4, 0.5) is 0 Å². The van der Waals surface area contributed by atoms with Gasteiger partial charge in [-0.3, -0.25) is 9.78 Å². The van der Waals surface area contributed by atoms with Gasteiger partial charge in [-0.05, 0) is 25.0 Å². The lowest BCUT2D eigenvalue weighted by atomic mass is 9.79. The number of carbonyl (C=O) groups excluding carboxylic acids is 1. The first-order valence-corrected chi connectivity index (χ1v) is 9.03. The molecule has 144 valence electrons. The van der Waals surface area contributed by atoms with Crippen LogP contribution in [0.3, 0.4) is 0 Å². The first kappa shape index (κ1) is 22.8. The van der Waals surface area contributed by atoms with Crippen molar-refractivity contribution in [2.24, 2.45) is 11.1 Å². The number of nitrogens with two attached hydrogens (primary N) is 1. The van der Waals surface area contributed by atoms with E-state index in [9.17, 15) is 4.79 Å². The molecule has 1 fully saturated rings. The lowest BCUT2D eigenvalue weighted by Gasteiger charge is -2.34. The number of halogens is 2. The summed E-state index contributed by atoms with van der Waals surface area (Å²) in [6, 6.07) is 5.77. The number of nitrogens with one attached hydrogen (secondary N) is 1. The van der Waals surface area contributed by atoms with Gasteiger partial charge in [0.2, 0.25) is 5.91 Å². The third-order valence-corrected chi connectivity index (χ3v) is 5.33. The summed E-state index contributed by atoms with van der Waals surface area (Å²) in [5.74, 6) is 0.0369. The molecule has 2 aromatic heterocycles. The van der Waals surface area contributed by atoms with E-state index in [1.807, 2.05) is 23.6 Å². The third kappa shape index (κ3) is 5.37. The monoisotopic (exact) mass is 418 g/mol. The summed E-state index contributed by atoms with van der Waals surface area (Å²) in [5, 5.41) is 6.01. The van der Waals surface area contributed by atoms with Crippen molar-refractivity contribution in [3.63, 3.8) is 0 Å². The summed E-state index contributed by atoms with van der Waals surface area (Å²) in [5.41, 5.74) is 7.13. The molecule has 0 aliphatic carbocycles. The van der Waals surface area contributed by atoms with Crippen LogP contribution >= 0.6 is 36.2 Å². The first-order chi connectivity index (χ1) is 11.7. The van der Waals surface area contributed by atoms with Gasteiger partial charge in [-0.15, -0.1) is 36.2 Å². The lowest BCUT2D eigenvalue weighted by Crippen LogP contribution is -2.49. The minimum Gasteiger partial charge on any atom is -0.381 e. The fourth-order valence-electron chi connectivity index (χ4n) is 2.81. The SMILES string of the molecule is Cl.Cl.NCC1(C(=O)NCCc2nc(-c3ccccn3)cs2)CCOCC1. The minimum absolute atomic E-state index is 0.